The third-order valence-corrected chi connectivity index (χ3v) is 2.92. The number of aromatic nitrogens is 2. The van der Waals surface area contributed by atoms with Crippen molar-refractivity contribution in [2.24, 2.45) is 0 Å². The Morgan fingerprint density at radius 1 is 1.35 bits per heavy atom. The first-order chi connectivity index (χ1) is 8.16. The van der Waals surface area contributed by atoms with Gasteiger partial charge in [0.05, 0.1) is 6.33 Å². The zero-order valence-corrected chi connectivity index (χ0v) is 11.0. The topological polar surface area (TPSA) is 55.0 Å². The number of aromatic amines is 1. The number of nitrogens with zero attached hydrogens (tertiary/aromatic N) is 1. The molecule has 4 nitrogen and oxygen atoms in total. The summed E-state index contributed by atoms with van der Waals surface area (Å²) in [4.78, 5) is 17.4. The van der Waals surface area contributed by atoms with Crippen molar-refractivity contribution in [1.29, 1.82) is 0 Å². The molecule has 0 atom stereocenters. The van der Waals surface area contributed by atoms with E-state index in [1.807, 2.05) is 24.3 Å². The van der Waals surface area contributed by atoms with Crippen LogP contribution in [0.25, 0.3) is 0 Å². The maximum Gasteiger partial charge on any atom is 0.273 e. The first-order valence-electron chi connectivity index (χ1n) is 4.77. The Balaban J connectivity index is 2.10. The van der Waals surface area contributed by atoms with E-state index in [2.05, 4.69) is 25.9 Å². The molecule has 0 fully saturated rings. The molecule has 88 valence electrons. The van der Waals surface area contributed by atoms with Gasteiger partial charge in [0.2, 0.25) is 5.88 Å². The van der Waals surface area contributed by atoms with Gasteiger partial charge in [0.25, 0.3) is 5.56 Å². The quantitative estimate of drug-likeness (QED) is 0.947. The molecule has 0 aliphatic carbocycles. The molecule has 0 spiro atoms. The average molecular weight is 316 g/mol. The zero-order chi connectivity index (χ0) is 12.3. The van der Waals surface area contributed by atoms with Crippen molar-refractivity contribution in [3.63, 3.8) is 0 Å². The Bertz CT molecular complexity index is 568. The Labute approximate surface area is 111 Å². The number of benzene rings is 1. The first kappa shape index (κ1) is 12.1. The molecule has 0 saturated heterocycles. The molecule has 17 heavy (non-hydrogen) atoms. The van der Waals surface area contributed by atoms with Gasteiger partial charge in [0.15, 0.2) is 5.02 Å². The molecule has 0 bridgehead atoms. The highest BCUT2D eigenvalue weighted by molar-refractivity contribution is 9.10. The fraction of sp³-hybridized carbons (Fsp3) is 0.0909. The van der Waals surface area contributed by atoms with Crippen molar-refractivity contribution < 1.29 is 4.74 Å². The Morgan fingerprint density at radius 2 is 2.06 bits per heavy atom. The molecule has 0 aliphatic rings. The number of nitrogens with one attached hydrogen (secondary N) is 1. The minimum Gasteiger partial charge on any atom is -0.472 e. The Kier molecular flexibility index (Phi) is 3.81. The van der Waals surface area contributed by atoms with Crippen LogP contribution >= 0.6 is 27.5 Å². The normalized spacial score (nSPS) is 10.2. The lowest BCUT2D eigenvalue weighted by molar-refractivity contribution is 0.293. The van der Waals surface area contributed by atoms with E-state index < -0.39 is 5.56 Å². The molecule has 0 aliphatic heterocycles. The summed E-state index contributed by atoms with van der Waals surface area (Å²) in [5.41, 5.74) is 0.554. The second-order valence-electron chi connectivity index (χ2n) is 3.27. The van der Waals surface area contributed by atoms with E-state index in [0.717, 1.165) is 10.0 Å². The van der Waals surface area contributed by atoms with Gasteiger partial charge in [-0.05, 0) is 17.7 Å². The van der Waals surface area contributed by atoms with Crippen LogP contribution < -0.4 is 10.3 Å². The molecule has 1 heterocycles. The van der Waals surface area contributed by atoms with Gasteiger partial charge in [0.1, 0.15) is 6.61 Å². The lowest BCUT2D eigenvalue weighted by atomic mass is 10.2. The van der Waals surface area contributed by atoms with Crippen LogP contribution in [0.5, 0.6) is 5.88 Å². The lowest BCUT2D eigenvalue weighted by Crippen LogP contribution is -2.09. The molecule has 1 aromatic heterocycles. The van der Waals surface area contributed by atoms with Crippen LogP contribution in [0.3, 0.4) is 0 Å². The predicted molar refractivity (Wildman–Crippen MR) is 68.3 cm³/mol. The van der Waals surface area contributed by atoms with E-state index >= 15 is 0 Å². The molecule has 0 unspecified atom stereocenters. The van der Waals surface area contributed by atoms with Crippen molar-refractivity contribution in [2.75, 3.05) is 0 Å². The molecule has 1 N–H and O–H groups in total. The number of H-pyrrole nitrogens is 1. The van der Waals surface area contributed by atoms with E-state index in [4.69, 9.17) is 16.3 Å². The number of ether oxygens (including phenoxy) is 1. The van der Waals surface area contributed by atoms with Crippen LogP contribution in [0.15, 0.2) is 39.9 Å². The monoisotopic (exact) mass is 314 g/mol. The minimum absolute atomic E-state index is 0.0374. The van der Waals surface area contributed by atoms with Crippen LogP contribution in [-0.4, -0.2) is 9.97 Å². The van der Waals surface area contributed by atoms with E-state index in [1.54, 1.807) is 0 Å². The molecule has 2 aromatic rings. The van der Waals surface area contributed by atoms with E-state index in [9.17, 15) is 4.79 Å². The van der Waals surface area contributed by atoms with E-state index in [1.165, 1.54) is 6.33 Å². The van der Waals surface area contributed by atoms with Crippen molar-refractivity contribution in [2.45, 2.75) is 6.61 Å². The van der Waals surface area contributed by atoms with Gasteiger partial charge in [0, 0.05) is 4.47 Å². The molecule has 2 rings (SSSR count). The summed E-state index contributed by atoms with van der Waals surface area (Å²) in [5, 5.41) is -0.0374. The Hall–Kier alpha value is -1.33. The van der Waals surface area contributed by atoms with Gasteiger partial charge in [-0.2, -0.15) is 0 Å². The highest BCUT2D eigenvalue weighted by Crippen LogP contribution is 2.17. The summed E-state index contributed by atoms with van der Waals surface area (Å²) in [7, 11) is 0. The number of hydrogen-bond acceptors (Lipinski definition) is 3. The van der Waals surface area contributed by atoms with Gasteiger partial charge in [-0.15, -0.1) is 0 Å². The summed E-state index contributed by atoms with van der Waals surface area (Å²) >= 11 is 9.09. The standard InChI is InChI=1S/C11H8BrClN2O2/c12-8-3-1-7(2-4-8)5-17-11-9(13)10(16)14-6-15-11/h1-4,6H,5H2,(H,14,15,16). The maximum absolute atomic E-state index is 11.2. The summed E-state index contributed by atoms with van der Waals surface area (Å²) < 4.78 is 6.36. The Morgan fingerprint density at radius 3 is 2.76 bits per heavy atom. The van der Waals surface area contributed by atoms with Gasteiger partial charge in [-0.3, -0.25) is 4.79 Å². The number of halogens is 2. The first-order valence-corrected chi connectivity index (χ1v) is 5.94. The lowest BCUT2D eigenvalue weighted by Gasteiger charge is -2.05. The smallest absolute Gasteiger partial charge is 0.273 e. The van der Waals surface area contributed by atoms with Crippen molar-refractivity contribution in [3.8, 4) is 5.88 Å². The maximum atomic E-state index is 11.2. The van der Waals surface area contributed by atoms with Crippen LogP contribution in [0, 0.1) is 0 Å². The fourth-order valence-corrected chi connectivity index (χ4v) is 1.62. The predicted octanol–water partition coefficient (Wildman–Crippen LogP) is 2.76. The summed E-state index contributed by atoms with van der Waals surface area (Å²) in [6, 6.07) is 7.63. The summed E-state index contributed by atoms with van der Waals surface area (Å²) in [6.45, 7) is 0.309. The van der Waals surface area contributed by atoms with Gasteiger partial charge in [-0.1, -0.05) is 39.7 Å². The minimum atomic E-state index is -0.410. The highest BCUT2D eigenvalue weighted by atomic mass is 79.9. The molecule has 0 radical (unpaired) electrons. The second kappa shape index (κ2) is 5.33. The van der Waals surface area contributed by atoms with E-state index in [-0.39, 0.29) is 10.9 Å². The number of rotatable bonds is 3. The average Bonchev–Trinajstić information content (AvgIpc) is 2.33. The molecular formula is C11H8BrClN2O2. The molecule has 0 saturated carbocycles. The molecule has 6 heteroatoms. The third kappa shape index (κ3) is 3.08. The largest absolute Gasteiger partial charge is 0.472 e. The van der Waals surface area contributed by atoms with Gasteiger partial charge in [-0.25, -0.2) is 4.98 Å². The van der Waals surface area contributed by atoms with E-state index in [0.29, 0.717) is 6.61 Å². The van der Waals surface area contributed by atoms with Crippen LogP contribution in [0.4, 0.5) is 0 Å². The third-order valence-electron chi connectivity index (χ3n) is 2.05. The molecule has 1 aromatic carbocycles. The SMILES string of the molecule is O=c1[nH]cnc(OCc2ccc(Br)cc2)c1Cl. The molecule has 0 amide bonds. The van der Waals surface area contributed by atoms with Crippen LogP contribution in [0.2, 0.25) is 5.02 Å². The second-order valence-corrected chi connectivity index (χ2v) is 4.56. The highest BCUT2D eigenvalue weighted by Gasteiger charge is 2.06. The van der Waals surface area contributed by atoms with Crippen molar-refractivity contribution >= 4 is 27.5 Å². The zero-order valence-electron chi connectivity index (χ0n) is 8.61. The van der Waals surface area contributed by atoms with Gasteiger partial charge >= 0.3 is 0 Å². The molecular weight excluding hydrogens is 307 g/mol. The van der Waals surface area contributed by atoms with Crippen molar-refractivity contribution in [1.82, 2.24) is 9.97 Å². The van der Waals surface area contributed by atoms with Gasteiger partial charge < -0.3 is 9.72 Å². The summed E-state index contributed by atoms with van der Waals surface area (Å²) in [5.74, 6) is 0.137. The van der Waals surface area contributed by atoms with Crippen LogP contribution in [0.1, 0.15) is 5.56 Å². The fourth-order valence-electron chi connectivity index (χ4n) is 1.20. The number of hydrogen-bond donors (Lipinski definition) is 1. The van der Waals surface area contributed by atoms with Crippen LogP contribution in [-0.2, 0) is 6.61 Å². The van der Waals surface area contributed by atoms with Crippen molar-refractivity contribution in [3.05, 3.63) is 56.0 Å². The summed E-state index contributed by atoms with van der Waals surface area (Å²) in [6.07, 6.45) is 1.26.